The monoisotopic (exact) mass is 266 g/mol. The lowest BCUT2D eigenvalue weighted by Crippen LogP contribution is -2.22. The van der Waals surface area contributed by atoms with Crippen LogP contribution >= 0.6 is 0 Å². The molecule has 0 aliphatic heterocycles. The highest BCUT2D eigenvalue weighted by atomic mass is 16.5. The van der Waals surface area contributed by atoms with Crippen LogP contribution in [0.2, 0.25) is 0 Å². The summed E-state index contributed by atoms with van der Waals surface area (Å²) in [5, 5.41) is 0. The normalized spacial score (nSPS) is 13.2. The molecule has 0 aliphatic carbocycles. The molecule has 0 aromatic carbocycles. The number of ether oxygens (including phenoxy) is 1. The van der Waals surface area contributed by atoms with Gasteiger partial charge in [0.05, 0.1) is 11.7 Å². The molecule has 1 rings (SSSR count). The number of hydrazine groups is 1. The minimum absolute atomic E-state index is 0.136. The minimum atomic E-state index is -0.147. The van der Waals surface area contributed by atoms with E-state index in [4.69, 9.17) is 10.6 Å². The molecule has 19 heavy (non-hydrogen) atoms. The average Bonchev–Trinajstić information content (AvgIpc) is 2.30. The van der Waals surface area contributed by atoms with Crippen LogP contribution in [0.4, 0.5) is 5.82 Å². The van der Waals surface area contributed by atoms with Crippen LogP contribution in [0.5, 0.6) is 5.88 Å². The molecule has 108 valence electrons. The smallest absolute Gasteiger partial charge is 0.222 e. The van der Waals surface area contributed by atoms with E-state index >= 15 is 0 Å². The molecule has 5 nitrogen and oxygen atoms in total. The third kappa shape index (κ3) is 4.06. The van der Waals surface area contributed by atoms with Gasteiger partial charge in [-0.05, 0) is 20.3 Å². The van der Waals surface area contributed by atoms with Crippen LogP contribution in [0.3, 0.4) is 0 Å². The van der Waals surface area contributed by atoms with E-state index < -0.39 is 0 Å². The fourth-order valence-electron chi connectivity index (χ4n) is 1.74. The molecule has 0 fully saturated rings. The number of rotatable bonds is 5. The lowest BCUT2D eigenvalue weighted by molar-refractivity contribution is 0.198. The molecule has 0 saturated heterocycles. The number of hydrogen-bond donors (Lipinski definition) is 2. The maximum Gasteiger partial charge on any atom is 0.222 e. The van der Waals surface area contributed by atoms with Crippen molar-refractivity contribution < 1.29 is 4.74 Å². The predicted molar refractivity (Wildman–Crippen MR) is 78.3 cm³/mol. The minimum Gasteiger partial charge on any atom is -0.474 e. The summed E-state index contributed by atoms with van der Waals surface area (Å²) < 4.78 is 5.92. The Kier molecular flexibility index (Phi) is 5.11. The molecular weight excluding hydrogens is 240 g/mol. The van der Waals surface area contributed by atoms with Gasteiger partial charge in [-0.2, -0.15) is 4.98 Å². The standard InChI is InChI=1S/C14H26N4O/c1-7-8-9(2)19-12-10(3)11(18-15)16-13(17-12)14(4,5)6/h9H,7-8,15H2,1-6H3,(H,16,17,18). The Morgan fingerprint density at radius 2 is 1.95 bits per heavy atom. The molecule has 1 heterocycles. The van der Waals surface area contributed by atoms with E-state index in [0.29, 0.717) is 11.7 Å². The molecule has 0 spiro atoms. The van der Waals surface area contributed by atoms with E-state index in [1.165, 1.54) is 0 Å². The van der Waals surface area contributed by atoms with Crippen molar-refractivity contribution in [1.82, 2.24) is 9.97 Å². The van der Waals surface area contributed by atoms with Crippen molar-refractivity contribution in [3.8, 4) is 5.88 Å². The van der Waals surface area contributed by atoms with Gasteiger partial charge in [0.25, 0.3) is 0 Å². The van der Waals surface area contributed by atoms with E-state index in [9.17, 15) is 0 Å². The summed E-state index contributed by atoms with van der Waals surface area (Å²) in [6.07, 6.45) is 2.22. The third-order valence-corrected chi connectivity index (χ3v) is 2.92. The first-order chi connectivity index (χ1) is 8.79. The number of hydrogen-bond acceptors (Lipinski definition) is 5. The molecule has 1 atom stereocenters. The number of nitrogens with one attached hydrogen (secondary N) is 1. The van der Waals surface area contributed by atoms with Crippen molar-refractivity contribution in [2.24, 2.45) is 5.84 Å². The largest absolute Gasteiger partial charge is 0.474 e. The van der Waals surface area contributed by atoms with E-state index in [1.807, 2.05) is 6.92 Å². The fourth-order valence-corrected chi connectivity index (χ4v) is 1.74. The molecule has 3 N–H and O–H groups in total. The summed E-state index contributed by atoms with van der Waals surface area (Å²) in [7, 11) is 0. The molecule has 0 saturated carbocycles. The van der Waals surface area contributed by atoms with Crippen molar-refractivity contribution in [2.75, 3.05) is 5.43 Å². The topological polar surface area (TPSA) is 73.1 Å². The van der Waals surface area contributed by atoms with Gasteiger partial charge in [-0.3, -0.25) is 0 Å². The van der Waals surface area contributed by atoms with Gasteiger partial charge in [-0.25, -0.2) is 10.8 Å². The highest BCUT2D eigenvalue weighted by Crippen LogP contribution is 2.28. The van der Waals surface area contributed by atoms with Crippen molar-refractivity contribution in [2.45, 2.75) is 65.9 Å². The van der Waals surface area contributed by atoms with Crippen LogP contribution in [-0.2, 0) is 5.41 Å². The van der Waals surface area contributed by atoms with Gasteiger partial charge in [0.1, 0.15) is 5.82 Å². The van der Waals surface area contributed by atoms with Crippen LogP contribution in [0.15, 0.2) is 0 Å². The summed E-state index contributed by atoms with van der Waals surface area (Å²) in [6.45, 7) is 12.3. The number of aromatic nitrogens is 2. The molecule has 0 radical (unpaired) electrons. The lowest BCUT2D eigenvalue weighted by atomic mass is 9.95. The van der Waals surface area contributed by atoms with Gasteiger partial charge in [-0.15, -0.1) is 0 Å². The fraction of sp³-hybridized carbons (Fsp3) is 0.714. The van der Waals surface area contributed by atoms with Crippen molar-refractivity contribution >= 4 is 5.82 Å². The van der Waals surface area contributed by atoms with Crippen LogP contribution in [-0.4, -0.2) is 16.1 Å². The molecule has 1 aromatic rings. The summed E-state index contributed by atoms with van der Waals surface area (Å²) in [6, 6.07) is 0. The maximum atomic E-state index is 5.92. The second-order valence-corrected chi connectivity index (χ2v) is 5.94. The predicted octanol–water partition coefficient (Wildman–Crippen LogP) is 2.94. The van der Waals surface area contributed by atoms with Gasteiger partial charge in [0, 0.05) is 5.41 Å². The third-order valence-electron chi connectivity index (χ3n) is 2.92. The Balaban J connectivity index is 3.15. The first-order valence-electron chi connectivity index (χ1n) is 6.82. The second kappa shape index (κ2) is 6.19. The quantitative estimate of drug-likeness (QED) is 0.633. The molecular formula is C14H26N4O. The van der Waals surface area contributed by atoms with Crippen molar-refractivity contribution in [3.63, 3.8) is 0 Å². The zero-order chi connectivity index (χ0) is 14.6. The number of nitrogen functional groups attached to an aromatic ring is 1. The number of nitrogens with two attached hydrogens (primary N) is 1. The van der Waals surface area contributed by atoms with Crippen LogP contribution in [0, 0.1) is 6.92 Å². The van der Waals surface area contributed by atoms with E-state index in [-0.39, 0.29) is 11.5 Å². The summed E-state index contributed by atoms with van der Waals surface area (Å²) >= 11 is 0. The van der Waals surface area contributed by atoms with E-state index in [0.717, 1.165) is 24.2 Å². The highest BCUT2D eigenvalue weighted by molar-refractivity contribution is 5.48. The van der Waals surface area contributed by atoms with Crippen LogP contribution in [0.1, 0.15) is 58.8 Å². The average molecular weight is 266 g/mol. The Hall–Kier alpha value is -1.36. The molecule has 0 aliphatic rings. The van der Waals surface area contributed by atoms with Crippen LogP contribution in [0.25, 0.3) is 0 Å². The van der Waals surface area contributed by atoms with Gasteiger partial charge in [0.15, 0.2) is 5.82 Å². The highest BCUT2D eigenvalue weighted by Gasteiger charge is 2.22. The van der Waals surface area contributed by atoms with Crippen LogP contribution < -0.4 is 16.0 Å². The zero-order valence-electron chi connectivity index (χ0n) is 12.9. The molecule has 5 heteroatoms. The summed E-state index contributed by atoms with van der Waals surface area (Å²) in [5.41, 5.74) is 3.32. The van der Waals surface area contributed by atoms with E-state index in [2.05, 4.69) is 50.0 Å². The number of anilines is 1. The summed E-state index contributed by atoms with van der Waals surface area (Å²) in [5.74, 6) is 7.49. The Labute approximate surface area is 115 Å². The van der Waals surface area contributed by atoms with E-state index in [1.54, 1.807) is 0 Å². The second-order valence-electron chi connectivity index (χ2n) is 5.94. The molecule has 1 aromatic heterocycles. The SMILES string of the molecule is CCCC(C)Oc1nc(C(C)(C)C)nc(NN)c1C. The van der Waals surface area contributed by atoms with Crippen molar-refractivity contribution in [3.05, 3.63) is 11.4 Å². The van der Waals surface area contributed by atoms with Crippen molar-refractivity contribution in [1.29, 1.82) is 0 Å². The van der Waals surface area contributed by atoms with Gasteiger partial charge < -0.3 is 10.2 Å². The maximum absolute atomic E-state index is 5.92. The first-order valence-corrected chi connectivity index (χ1v) is 6.82. The van der Waals surface area contributed by atoms with Gasteiger partial charge in [0.2, 0.25) is 5.88 Å². The lowest BCUT2D eigenvalue weighted by Gasteiger charge is -2.21. The molecule has 0 bridgehead atoms. The molecule has 0 amide bonds. The Morgan fingerprint density at radius 1 is 1.32 bits per heavy atom. The Bertz CT molecular complexity index is 426. The Morgan fingerprint density at radius 3 is 2.42 bits per heavy atom. The van der Waals surface area contributed by atoms with Gasteiger partial charge in [-0.1, -0.05) is 34.1 Å². The summed E-state index contributed by atoms with van der Waals surface area (Å²) in [4.78, 5) is 8.99. The molecule has 1 unspecified atom stereocenters. The van der Waals surface area contributed by atoms with Gasteiger partial charge >= 0.3 is 0 Å². The number of nitrogens with zero attached hydrogens (tertiary/aromatic N) is 2. The zero-order valence-corrected chi connectivity index (χ0v) is 12.9. The first kappa shape index (κ1) is 15.7.